The van der Waals surface area contributed by atoms with Gasteiger partial charge >= 0.3 is 5.97 Å². The zero-order valence-electron chi connectivity index (χ0n) is 11.9. The number of methoxy groups -OCH3 is 1. The smallest absolute Gasteiger partial charge is 0.306 e. The van der Waals surface area contributed by atoms with Gasteiger partial charge < -0.3 is 9.64 Å². The van der Waals surface area contributed by atoms with Crippen molar-refractivity contribution in [3.05, 3.63) is 34.9 Å². The first kappa shape index (κ1) is 14.1. The highest BCUT2D eigenvalue weighted by Gasteiger charge is 2.11. The van der Waals surface area contributed by atoms with Crippen LogP contribution in [-0.2, 0) is 28.8 Å². The largest absolute Gasteiger partial charge is 0.469 e. The lowest BCUT2D eigenvalue weighted by Crippen LogP contribution is -2.24. The third kappa shape index (κ3) is 4.06. The minimum atomic E-state index is -0.135. The molecule has 3 nitrogen and oxygen atoms in total. The second-order valence-electron chi connectivity index (χ2n) is 5.34. The maximum Gasteiger partial charge on any atom is 0.306 e. The Kier molecular flexibility index (Phi) is 4.97. The summed E-state index contributed by atoms with van der Waals surface area (Å²) < 4.78 is 4.65. The van der Waals surface area contributed by atoms with Gasteiger partial charge in [-0.2, -0.15) is 0 Å². The first-order valence-electron chi connectivity index (χ1n) is 7.05. The second-order valence-corrected chi connectivity index (χ2v) is 5.34. The summed E-state index contributed by atoms with van der Waals surface area (Å²) in [6, 6.07) is 6.89. The molecule has 1 aromatic carbocycles. The maximum atomic E-state index is 11.1. The van der Waals surface area contributed by atoms with Gasteiger partial charge in [-0.25, -0.2) is 0 Å². The van der Waals surface area contributed by atoms with E-state index in [1.165, 1.54) is 43.1 Å². The Morgan fingerprint density at radius 2 is 2.05 bits per heavy atom. The molecule has 0 unspecified atom stereocenters. The first-order valence-corrected chi connectivity index (χ1v) is 7.05. The van der Waals surface area contributed by atoms with E-state index in [-0.39, 0.29) is 5.97 Å². The summed E-state index contributed by atoms with van der Waals surface area (Å²) in [5.74, 6) is -0.135. The van der Waals surface area contributed by atoms with E-state index in [4.69, 9.17) is 0 Å². The van der Waals surface area contributed by atoms with Crippen LogP contribution in [0.1, 0.15) is 29.5 Å². The molecule has 0 radical (unpaired) electrons. The second kappa shape index (κ2) is 6.71. The molecule has 0 saturated carbocycles. The fraction of sp³-hybridized carbons (Fsp3) is 0.562. The number of carbonyl (C=O) groups excluding carboxylic acids is 1. The van der Waals surface area contributed by atoms with Crippen LogP contribution in [0.2, 0.25) is 0 Å². The van der Waals surface area contributed by atoms with Crippen molar-refractivity contribution in [1.82, 2.24) is 4.90 Å². The molecule has 1 aliphatic carbocycles. The minimum absolute atomic E-state index is 0.135. The molecule has 104 valence electrons. The predicted molar refractivity (Wildman–Crippen MR) is 76.3 cm³/mol. The zero-order valence-corrected chi connectivity index (χ0v) is 11.9. The van der Waals surface area contributed by atoms with Crippen molar-refractivity contribution in [3.8, 4) is 0 Å². The van der Waals surface area contributed by atoms with Crippen LogP contribution in [0, 0.1) is 0 Å². The lowest BCUT2D eigenvalue weighted by atomic mass is 10.0. The molecule has 1 aromatic rings. The maximum absolute atomic E-state index is 11.1. The number of aryl methyl sites for hydroxylation is 2. The van der Waals surface area contributed by atoms with E-state index in [2.05, 4.69) is 34.9 Å². The normalized spacial score (nSPS) is 13.6. The van der Waals surface area contributed by atoms with E-state index in [0.29, 0.717) is 6.42 Å². The Hall–Kier alpha value is -1.35. The van der Waals surface area contributed by atoms with Crippen molar-refractivity contribution in [2.75, 3.05) is 27.2 Å². The fourth-order valence-corrected chi connectivity index (χ4v) is 2.60. The molecule has 3 heteroatoms. The molecule has 0 N–H and O–H groups in total. The van der Waals surface area contributed by atoms with Gasteiger partial charge in [0.2, 0.25) is 0 Å². The molecular formula is C16H23NO2. The van der Waals surface area contributed by atoms with E-state index in [0.717, 1.165) is 19.5 Å². The number of fused-ring (bicyclic) bond motifs is 1. The van der Waals surface area contributed by atoms with Crippen molar-refractivity contribution < 1.29 is 9.53 Å². The number of likely N-dealkylation sites (N-methyl/N-ethyl adjacent to an activating group) is 1. The molecule has 0 saturated heterocycles. The molecule has 0 heterocycles. The van der Waals surface area contributed by atoms with Gasteiger partial charge in [-0.1, -0.05) is 18.2 Å². The van der Waals surface area contributed by atoms with E-state index < -0.39 is 0 Å². The molecule has 0 spiro atoms. The van der Waals surface area contributed by atoms with Gasteiger partial charge in [-0.05, 0) is 49.4 Å². The standard InChI is InChI=1S/C16H23NO2/c1-17(11-9-16(18)19-2)10-8-13-6-7-14-4-3-5-15(14)12-13/h6-7,12H,3-5,8-11H2,1-2H3. The van der Waals surface area contributed by atoms with Crippen LogP contribution >= 0.6 is 0 Å². The highest BCUT2D eigenvalue weighted by atomic mass is 16.5. The summed E-state index contributed by atoms with van der Waals surface area (Å²) in [7, 11) is 3.49. The molecule has 1 aliphatic rings. The fourth-order valence-electron chi connectivity index (χ4n) is 2.60. The average Bonchev–Trinajstić information content (AvgIpc) is 2.89. The first-order chi connectivity index (χ1) is 9.19. The zero-order chi connectivity index (χ0) is 13.7. The predicted octanol–water partition coefficient (Wildman–Crippen LogP) is 2.21. The molecule has 0 aliphatic heterocycles. The van der Waals surface area contributed by atoms with Gasteiger partial charge in [-0.15, -0.1) is 0 Å². The van der Waals surface area contributed by atoms with Gasteiger partial charge in [0.05, 0.1) is 13.5 Å². The molecule has 0 fully saturated rings. The number of rotatable bonds is 6. The van der Waals surface area contributed by atoms with Gasteiger partial charge in [0.15, 0.2) is 0 Å². The van der Waals surface area contributed by atoms with Crippen molar-refractivity contribution in [3.63, 3.8) is 0 Å². The van der Waals surface area contributed by atoms with Crippen molar-refractivity contribution in [2.24, 2.45) is 0 Å². The lowest BCUT2D eigenvalue weighted by molar-refractivity contribution is -0.140. The Morgan fingerprint density at radius 1 is 1.26 bits per heavy atom. The Morgan fingerprint density at radius 3 is 2.84 bits per heavy atom. The summed E-state index contributed by atoms with van der Waals surface area (Å²) in [4.78, 5) is 13.3. The molecule has 0 bridgehead atoms. The lowest BCUT2D eigenvalue weighted by Gasteiger charge is -2.16. The number of hydrogen-bond acceptors (Lipinski definition) is 3. The van der Waals surface area contributed by atoms with Crippen molar-refractivity contribution in [1.29, 1.82) is 0 Å². The quantitative estimate of drug-likeness (QED) is 0.735. The number of ether oxygens (including phenoxy) is 1. The molecule has 0 atom stereocenters. The molecule has 2 rings (SSSR count). The van der Waals surface area contributed by atoms with Crippen LogP contribution in [0.4, 0.5) is 0 Å². The van der Waals surface area contributed by atoms with Crippen molar-refractivity contribution in [2.45, 2.75) is 32.1 Å². The van der Waals surface area contributed by atoms with Crippen molar-refractivity contribution >= 4 is 5.97 Å². The Labute approximate surface area is 115 Å². The van der Waals surface area contributed by atoms with Gasteiger partial charge in [0, 0.05) is 13.1 Å². The van der Waals surface area contributed by atoms with Gasteiger partial charge in [0.1, 0.15) is 0 Å². The SMILES string of the molecule is COC(=O)CCN(C)CCc1ccc2c(c1)CCC2. The van der Waals surface area contributed by atoms with Gasteiger partial charge in [0.25, 0.3) is 0 Å². The molecular weight excluding hydrogens is 238 g/mol. The number of esters is 1. The summed E-state index contributed by atoms with van der Waals surface area (Å²) in [5.41, 5.74) is 4.48. The number of hydrogen-bond donors (Lipinski definition) is 0. The van der Waals surface area contributed by atoms with E-state index >= 15 is 0 Å². The van der Waals surface area contributed by atoms with E-state index in [1.807, 2.05) is 0 Å². The number of carbonyl (C=O) groups is 1. The molecule has 19 heavy (non-hydrogen) atoms. The number of nitrogens with zero attached hydrogens (tertiary/aromatic N) is 1. The molecule has 0 amide bonds. The molecule has 0 aromatic heterocycles. The Balaban J connectivity index is 1.77. The highest BCUT2D eigenvalue weighted by Crippen LogP contribution is 2.22. The average molecular weight is 261 g/mol. The minimum Gasteiger partial charge on any atom is -0.469 e. The van der Waals surface area contributed by atoms with Crippen LogP contribution in [0.25, 0.3) is 0 Å². The summed E-state index contributed by atoms with van der Waals surface area (Å²) in [5, 5.41) is 0. The summed E-state index contributed by atoms with van der Waals surface area (Å²) in [6.45, 7) is 1.74. The van der Waals surface area contributed by atoms with Crippen LogP contribution < -0.4 is 0 Å². The highest BCUT2D eigenvalue weighted by molar-refractivity contribution is 5.69. The van der Waals surface area contributed by atoms with Crippen LogP contribution in [0.5, 0.6) is 0 Å². The van der Waals surface area contributed by atoms with Crippen LogP contribution in [-0.4, -0.2) is 38.1 Å². The van der Waals surface area contributed by atoms with E-state index in [1.54, 1.807) is 0 Å². The number of benzene rings is 1. The van der Waals surface area contributed by atoms with Crippen LogP contribution in [0.15, 0.2) is 18.2 Å². The third-order valence-corrected chi connectivity index (χ3v) is 3.87. The Bertz CT molecular complexity index is 442. The van der Waals surface area contributed by atoms with Crippen LogP contribution in [0.3, 0.4) is 0 Å². The third-order valence-electron chi connectivity index (χ3n) is 3.87. The monoisotopic (exact) mass is 261 g/mol. The summed E-state index contributed by atoms with van der Waals surface area (Å²) >= 11 is 0. The van der Waals surface area contributed by atoms with E-state index in [9.17, 15) is 4.79 Å². The summed E-state index contributed by atoms with van der Waals surface area (Å²) in [6.07, 6.45) is 5.30. The van der Waals surface area contributed by atoms with Gasteiger partial charge in [-0.3, -0.25) is 4.79 Å². The topological polar surface area (TPSA) is 29.5 Å².